The topological polar surface area (TPSA) is 37.3 Å². The van der Waals surface area contributed by atoms with Gasteiger partial charge in [0.05, 0.1) is 17.0 Å². The molecule has 1 N–H and O–H groups in total. The molecule has 8 heteroatoms. The van der Waals surface area contributed by atoms with Gasteiger partial charge in [0.25, 0.3) is 0 Å². The van der Waals surface area contributed by atoms with Gasteiger partial charge in [0, 0.05) is 0 Å². The average molecular weight is 384 g/mol. The zero-order chi connectivity index (χ0) is 20.0. The Morgan fingerprint density at radius 1 is 0.962 bits per heavy atom. The lowest BCUT2D eigenvalue weighted by atomic mass is 9.88. The molecule has 1 atom stereocenters. The van der Waals surface area contributed by atoms with Gasteiger partial charge in [-0.05, 0) is 24.1 Å². The molecule has 0 aliphatic carbocycles. The van der Waals surface area contributed by atoms with E-state index >= 15 is 0 Å². The Morgan fingerprint density at radius 3 is 2.04 bits per heavy atom. The maximum Gasteiger partial charge on any atom is 0.416 e. The zero-order valence-electron chi connectivity index (χ0n) is 14.4. The predicted octanol–water partition coefficient (Wildman–Crippen LogP) is 6.64. The molecule has 0 spiro atoms. The summed E-state index contributed by atoms with van der Waals surface area (Å²) < 4.78 is 77.8. The van der Waals surface area contributed by atoms with E-state index in [4.69, 9.17) is 0 Å². The average Bonchev–Trinajstić information content (AvgIpc) is 2.51. The van der Waals surface area contributed by atoms with E-state index in [1.54, 1.807) is 0 Å². The first-order valence-electron chi connectivity index (χ1n) is 8.49. The van der Waals surface area contributed by atoms with Crippen LogP contribution in [0.2, 0.25) is 0 Å². The summed E-state index contributed by atoms with van der Waals surface area (Å²) in [6.07, 6.45) is -5.11. The Hall–Kier alpha value is -1.73. The maximum absolute atomic E-state index is 13.2. The summed E-state index contributed by atoms with van der Waals surface area (Å²) in [5.41, 5.74) is -3.60. The molecule has 1 aromatic carbocycles. The minimum atomic E-state index is -5.06. The molecule has 1 rings (SSSR count). The smallest absolute Gasteiger partial charge is 0.416 e. The second kappa shape index (κ2) is 9.28. The number of hydrogen-bond acceptors (Lipinski definition) is 1. The van der Waals surface area contributed by atoms with E-state index in [1.165, 1.54) is 0 Å². The lowest BCUT2D eigenvalue weighted by Crippen LogP contribution is -2.19. The van der Waals surface area contributed by atoms with Crippen LogP contribution in [0.1, 0.15) is 74.5 Å². The Kier molecular flexibility index (Phi) is 7.96. The largest absolute Gasteiger partial charge is 0.481 e. The number of carbonyl (C=O) groups is 1. The van der Waals surface area contributed by atoms with E-state index < -0.39 is 40.9 Å². The maximum atomic E-state index is 13.2. The van der Waals surface area contributed by atoms with Gasteiger partial charge in [-0.2, -0.15) is 26.3 Å². The van der Waals surface area contributed by atoms with Crippen molar-refractivity contribution in [1.82, 2.24) is 0 Å². The molecule has 0 bridgehead atoms. The van der Waals surface area contributed by atoms with E-state index in [-0.39, 0.29) is 12.5 Å². The third-order valence-electron chi connectivity index (χ3n) is 4.21. The summed E-state index contributed by atoms with van der Waals surface area (Å²) in [6, 6.07) is 1.13. The van der Waals surface area contributed by atoms with Crippen LogP contribution in [0.25, 0.3) is 0 Å². The monoisotopic (exact) mass is 384 g/mol. The molecule has 0 fully saturated rings. The molecule has 0 radical (unpaired) electrons. The lowest BCUT2D eigenvalue weighted by molar-refractivity contribution is -0.144. The normalized spacial score (nSPS) is 13.7. The predicted molar refractivity (Wildman–Crippen MR) is 84.8 cm³/mol. The lowest BCUT2D eigenvalue weighted by Gasteiger charge is -2.20. The van der Waals surface area contributed by atoms with Crippen molar-refractivity contribution < 1.29 is 36.2 Å². The number of benzene rings is 1. The van der Waals surface area contributed by atoms with Gasteiger partial charge in [-0.15, -0.1) is 0 Å². The summed E-state index contributed by atoms with van der Waals surface area (Å²) in [5, 5.41) is 9.30. The quantitative estimate of drug-likeness (QED) is 0.383. The highest BCUT2D eigenvalue weighted by Crippen LogP contribution is 2.40. The van der Waals surface area contributed by atoms with Crippen LogP contribution in [0, 0.1) is 0 Å². The fraction of sp³-hybridized carbons (Fsp3) is 0.611. The van der Waals surface area contributed by atoms with Crippen molar-refractivity contribution in [3.05, 3.63) is 34.9 Å². The molecule has 0 saturated carbocycles. The first-order valence-corrected chi connectivity index (χ1v) is 8.49. The fourth-order valence-corrected chi connectivity index (χ4v) is 2.82. The van der Waals surface area contributed by atoms with Crippen molar-refractivity contribution in [2.24, 2.45) is 0 Å². The van der Waals surface area contributed by atoms with Gasteiger partial charge in [-0.25, -0.2) is 0 Å². The first kappa shape index (κ1) is 22.3. The van der Waals surface area contributed by atoms with Gasteiger partial charge in [0.15, 0.2) is 0 Å². The van der Waals surface area contributed by atoms with Crippen LogP contribution < -0.4 is 0 Å². The molecule has 0 aromatic heterocycles. The van der Waals surface area contributed by atoms with E-state index in [1.807, 2.05) is 6.92 Å². The molecular formula is C18H22F6O2. The molecule has 1 aromatic rings. The molecule has 0 aliphatic heterocycles. The van der Waals surface area contributed by atoms with Crippen molar-refractivity contribution in [2.45, 2.75) is 70.1 Å². The highest BCUT2D eigenvalue weighted by Gasteiger charge is 2.40. The van der Waals surface area contributed by atoms with Crippen LogP contribution in [0.3, 0.4) is 0 Å². The summed E-state index contributed by atoms with van der Waals surface area (Å²) in [6.45, 7) is 2.03. The molecule has 1 unspecified atom stereocenters. The SMILES string of the molecule is CCCCCCCCC(C(=O)O)c1ccc(C(F)(F)F)cc1C(F)(F)F. The minimum Gasteiger partial charge on any atom is -0.481 e. The minimum absolute atomic E-state index is 0.00742. The first-order chi connectivity index (χ1) is 12.0. The van der Waals surface area contributed by atoms with Crippen molar-refractivity contribution in [2.75, 3.05) is 0 Å². The number of carboxylic acids is 1. The third kappa shape index (κ3) is 6.53. The molecule has 148 valence electrons. The molecule has 26 heavy (non-hydrogen) atoms. The number of alkyl halides is 6. The fourth-order valence-electron chi connectivity index (χ4n) is 2.82. The van der Waals surface area contributed by atoms with Gasteiger partial charge in [-0.1, -0.05) is 51.5 Å². The van der Waals surface area contributed by atoms with Crippen LogP contribution in [-0.2, 0) is 17.1 Å². The number of halogens is 6. The van der Waals surface area contributed by atoms with Gasteiger partial charge >= 0.3 is 18.3 Å². The van der Waals surface area contributed by atoms with E-state index in [0.29, 0.717) is 25.0 Å². The van der Waals surface area contributed by atoms with Crippen LogP contribution in [0.4, 0.5) is 26.3 Å². The summed E-state index contributed by atoms with van der Waals surface area (Å²) in [7, 11) is 0. The van der Waals surface area contributed by atoms with Crippen molar-refractivity contribution in [1.29, 1.82) is 0 Å². The third-order valence-corrected chi connectivity index (χ3v) is 4.21. The number of carboxylic acid groups (broad SMARTS) is 1. The highest BCUT2D eigenvalue weighted by molar-refractivity contribution is 5.76. The van der Waals surface area contributed by atoms with Gasteiger partial charge < -0.3 is 5.11 Å². The Labute approximate surface area is 148 Å². The van der Waals surface area contributed by atoms with Crippen molar-refractivity contribution >= 4 is 5.97 Å². The van der Waals surface area contributed by atoms with Crippen LogP contribution in [0.15, 0.2) is 18.2 Å². The van der Waals surface area contributed by atoms with Crippen molar-refractivity contribution in [3.8, 4) is 0 Å². The Bertz CT molecular complexity index is 592. The second-order valence-corrected chi connectivity index (χ2v) is 6.24. The number of aliphatic carboxylic acids is 1. The van der Waals surface area contributed by atoms with Gasteiger partial charge in [0.2, 0.25) is 0 Å². The highest BCUT2D eigenvalue weighted by atomic mass is 19.4. The number of rotatable bonds is 9. The summed E-state index contributed by atoms with van der Waals surface area (Å²) >= 11 is 0. The molecule has 0 aliphatic rings. The Balaban J connectivity index is 3.05. The van der Waals surface area contributed by atoms with Crippen LogP contribution in [0.5, 0.6) is 0 Å². The Morgan fingerprint density at radius 2 is 1.54 bits per heavy atom. The molecule has 2 nitrogen and oxygen atoms in total. The molecule has 0 saturated heterocycles. The van der Waals surface area contributed by atoms with E-state index in [9.17, 15) is 36.2 Å². The van der Waals surface area contributed by atoms with Gasteiger partial charge in [-0.3, -0.25) is 4.79 Å². The number of unbranched alkanes of at least 4 members (excludes halogenated alkanes) is 5. The van der Waals surface area contributed by atoms with E-state index in [2.05, 4.69) is 0 Å². The molecule has 0 amide bonds. The van der Waals surface area contributed by atoms with E-state index in [0.717, 1.165) is 25.7 Å². The summed E-state index contributed by atoms with van der Waals surface area (Å²) in [4.78, 5) is 11.4. The second-order valence-electron chi connectivity index (χ2n) is 6.24. The van der Waals surface area contributed by atoms with Crippen molar-refractivity contribution in [3.63, 3.8) is 0 Å². The van der Waals surface area contributed by atoms with Crippen LogP contribution in [-0.4, -0.2) is 11.1 Å². The standard InChI is InChI=1S/C18H22F6O2/c1-2-3-4-5-6-7-8-14(16(25)26)13-10-9-12(17(19,20)21)11-15(13)18(22,23)24/h9-11,14H,2-8H2,1H3,(H,25,26). The summed E-state index contributed by atoms with van der Waals surface area (Å²) in [5.74, 6) is -2.95. The zero-order valence-corrected chi connectivity index (χ0v) is 14.4. The molecule has 0 heterocycles. The molecular weight excluding hydrogens is 362 g/mol. The van der Waals surface area contributed by atoms with Gasteiger partial charge in [0.1, 0.15) is 0 Å². The van der Waals surface area contributed by atoms with Crippen LogP contribution >= 0.6 is 0 Å². The number of hydrogen-bond donors (Lipinski definition) is 1.